The van der Waals surface area contributed by atoms with E-state index in [1.54, 1.807) is 38.4 Å². The van der Waals surface area contributed by atoms with Crippen LogP contribution >= 0.6 is 11.8 Å². The summed E-state index contributed by atoms with van der Waals surface area (Å²) in [6.07, 6.45) is 7.03. The van der Waals surface area contributed by atoms with Crippen molar-refractivity contribution in [1.29, 1.82) is 0 Å². The van der Waals surface area contributed by atoms with Crippen LogP contribution in [0.4, 0.5) is 0 Å². The van der Waals surface area contributed by atoms with Gasteiger partial charge in [-0.3, -0.25) is 19.4 Å². The molecule has 1 atom stereocenters. The number of hydrogen-bond acceptors (Lipinski definition) is 14. The minimum Gasteiger partial charge on any atom is -0.493 e. The van der Waals surface area contributed by atoms with Crippen LogP contribution in [0, 0.1) is 13.8 Å². The molecule has 66 heavy (non-hydrogen) atoms. The monoisotopic (exact) mass is 938 g/mol. The van der Waals surface area contributed by atoms with Crippen LogP contribution in [-0.4, -0.2) is 93.2 Å². The maximum absolute atomic E-state index is 12.9. The van der Waals surface area contributed by atoms with E-state index in [9.17, 15) is 4.21 Å². The quantitative estimate of drug-likeness (QED) is 0.0320. The van der Waals surface area contributed by atoms with Crippen LogP contribution in [0.5, 0.6) is 23.0 Å². The second-order valence-corrected chi connectivity index (χ2v) is 18.5. The number of nitrogens with one attached hydrogen (secondary N) is 2. The number of methoxy groups -OCH3 is 2. The highest BCUT2D eigenvalue weighted by atomic mass is 32.2. The fourth-order valence-corrected chi connectivity index (χ4v) is 9.22. The Morgan fingerprint density at radius 2 is 1.30 bits per heavy atom. The van der Waals surface area contributed by atoms with Crippen molar-refractivity contribution in [2.75, 3.05) is 53.9 Å². The van der Waals surface area contributed by atoms with Gasteiger partial charge in [0.15, 0.2) is 10.3 Å². The van der Waals surface area contributed by atoms with Crippen molar-refractivity contribution < 1.29 is 42.8 Å². The Kier molecular flexibility index (Phi) is 17.0. The number of H-pyrrole nitrogens is 2. The highest BCUT2D eigenvalue weighted by Gasteiger charge is 2.21. The van der Waals surface area contributed by atoms with Crippen molar-refractivity contribution in [1.82, 2.24) is 29.9 Å². The number of thioether (sulfide) groups is 1. The number of aromatic amines is 2. The molecule has 6 heterocycles. The van der Waals surface area contributed by atoms with Crippen molar-refractivity contribution in [3.05, 3.63) is 118 Å². The third kappa shape index (κ3) is 12.5. The summed E-state index contributed by atoms with van der Waals surface area (Å²) in [7, 11) is 2.03. The SMILES string of the molecule is CC(C)(OO)c1ccccc1.COCCCOc1ccnc(CSc2nc3cc4c(cc3[nH]2)CCO4)c1C.COCCCOc1ccnc(C[S@](=O)c2nc3cc4c(cc3[nH]2)CCO4)c1C. The number of fused-ring (bicyclic) bond motifs is 4. The van der Waals surface area contributed by atoms with Crippen LogP contribution in [-0.2, 0) is 55.1 Å². The summed E-state index contributed by atoms with van der Waals surface area (Å²) >= 11 is 1.65. The molecule has 15 nitrogen and oxygen atoms in total. The predicted octanol–water partition coefficient (Wildman–Crippen LogP) is 9.24. The molecule has 0 saturated carbocycles. The summed E-state index contributed by atoms with van der Waals surface area (Å²) in [6.45, 7) is 11.6. The van der Waals surface area contributed by atoms with Crippen molar-refractivity contribution in [3.8, 4) is 23.0 Å². The molecule has 9 rings (SSSR count). The molecule has 0 saturated heterocycles. The molecular weight excluding hydrogens is 881 g/mol. The van der Waals surface area contributed by atoms with Crippen molar-refractivity contribution in [2.45, 2.75) is 80.8 Å². The molecule has 0 aliphatic carbocycles. The number of benzene rings is 3. The van der Waals surface area contributed by atoms with Gasteiger partial charge in [-0.25, -0.2) is 14.9 Å². The Morgan fingerprint density at radius 1 is 0.742 bits per heavy atom. The van der Waals surface area contributed by atoms with Crippen molar-refractivity contribution in [2.24, 2.45) is 0 Å². The molecule has 0 amide bonds. The van der Waals surface area contributed by atoms with E-state index in [1.165, 1.54) is 5.56 Å². The second-order valence-electron chi connectivity index (χ2n) is 16.1. The Labute approximate surface area is 391 Å². The van der Waals surface area contributed by atoms with Gasteiger partial charge in [0.05, 0.1) is 76.4 Å². The number of rotatable bonds is 18. The molecule has 0 unspecified atom stereocenters. The van der Waals surface area contributed by atoms with Crippen molar-refractivity contribution >= 4 is 44.6 Å². The van der Waals surface area contributed by atoms with Gasteiger partial charge in [0.2, 0.25) is 0 Å². The molecule has 3 N–H and O–H groups in total. The van der Waals surface area contributed by atoms with E-state index in [0.29, 0.717) is 38.2 Å². The first-order valence-corrected chi connectivity index (χ1v) is 24.2. The van der Waals surface area contributed by atoms with Crippen LogP contribution in [0.1, 0.15) is 65.9 Å². The maximum Gasteiger partial charge on any atom is 0.197 e. The first-order valence-electron chi connectivity index (χ1n) is 21.9. The smallest absolute Gasteiger partial charge is 0.197 e. The fourth-order valence-electron chi connectivity index (χ4n) is 7.21. The Bertz CT molecular complexity index is 2630. The van der Waals surface area contributed by atoms with Crippen LogP contribution in [0.2, 0.25) is 0 Å². The summed E-state index contributed by atoms with van der Waals surface area (Å²) in [5.41, 5.74) is 10.1. The topological polar surface area (TPSA) is 185 Å². The van der Waals surface area contributed by atoms with Crippen LogP contribution in [0.15, 0.2) is 89.4 Å². The van der Waals surface area contributed by atoms with Gasteiger partial charge in [0, 0.05) is 94.5 Å². The third-order valence-electron chi connectivity index (χ3n) is 11.1. The molecule has 2 aliphatic rings. The van der Waals surface area contributed by atoms with E-state index in [-0.39, 0.29) is 5.75 Å². The van der Waals surface area contributed by atoms with Gasteiger partial charge in [0.1, 0.15) is 28.6 Å². The highest BCUT2D eigenvalue weighted by Crippen LogP contribution is 2.33. The Balaban J connectivity index is 0.000000161. The van der Waals surface area contributed by atoms with Crippen LogP contribution in [0.3, 0.4) is 0 Å². The van der Waals surface area contributed by atoms with Gasteiger partial charge < -0.3 is 38.4 Å². The zero-order valence-corrected chi connectivity index (χ0v) is 39.9. The second kappa shape index (κ2) is 23.3. The highest BCUT2D eigenvalue weighted by molar-refractivity contribution is 7.98. The first kappa shape index (κ1) is 48.4. The van der Waals surface area contributed by atoms with E-state index in [1.807, 2.05) is 81.4 Å². The normalized spacial score (nSPS) is 13.2. The van der Waals surface area contributed by atoms with E-state index in [0.717, 1.165) is 122 Å². The summed E-state index contributed by atoms with van der Waals surface area (Å²) in [5, 5.41) is 9.89. The zero-order chi connectivity index (χ0) is 46.5. The number of ether oxygens (including phenoxy) is 6. The van der Waals surface area contributed by atoms with Gasteiger partial charge in [-0.1, -0.05) is 42.1 Å². The summed E-state index contributed by atoms with van der Waals surface area (Å²) in [4.78, 5) is 29.0. The van der Waals surface area contributed by atoms with E-state index < -0.39 is 16.4 Å². The van der Waals surface area contributed by atoms with E-state index in [4.69, 9.17) is 33.7 Å². The number of aromatic nitrogens is 6. The Hall–Kier alpha value is -5.56. The van der Waals surface area contributed by atoms with Crippen LogP contribution < -0.4 is 18.9 Å². The molecule has 3 aromatic carbocycles. The first-order chi connectivity index (χ1) is 32.1. The summed E-state index contributed by atoms with van der Waals surface area (Å²) < 4.78 is 45.9. The van der Waals surface area contributed by atoms with Gasteiger partial charge >= 0.3 is 0 Å². The number of nitrogens with zero attached hydrogens (tertiary/aromatic N) is 4. The zero-order valence-electron chi connectivity index (χ0n) is 38.3. The molecule has 4 aromatic heterocycles. The molecule has 350 valence electrons. The predicted molar refractivity (Wildman–Crippen MR) is 255 cm³/mol. The van der Waals surface area contributed by atoms with Crippen molar-refractivity contribution in [3.63, 3.8) is 0 Å². The summed E-state index contributed by atoms with van der Waals surface area (Å²) in [5.74, 6) is 4.48. The van der Waals surface area contributed by atoms with Gasteiger partial charge in [-0.05, 0) is 68.7 Å². The molecule has 0 spiro atoms. The van der Waals surface area contributed by atoms with Gasteiger partial charge in [0.25, 0.3) is 0 Å². The molecular formula is C49H58N6O9S2. The molecule has 17 heteroatoms. The Morgan fingerprint density at radius 3 is 1.89 bits per heavy atom. The minimum absolute atomic E-state index is 0.275. The number of imidazole rings is 2. The largest absolute Gasteiger partial charge is 0.493 e. The average Bonchev–Trinajstić information content (AvgIpc) is 4.16. The third-order valence-corrected chi connectivity index (χ3v) is 13.1. The minimum atomic E-state index is -1.34. The fraction of sp³-hybridized carbons (Fsp3) is 0.388. The lowest BCUT2D eigenvalue weighted by molar-refractivity contribution is -0.318. The van der Waals surface area contributed by atoms with Gasteiger partial charge in [-0.2, -0.15) is 0 Å². The van der Waals surface area contributed by atoms with E-state index >= 15 is 0 Å². The van der Waals surface area contributed by atoms with Crippen LogP contribution in [0.25, 0.3) is 22.1 Å². The molecule has 0 fully saturated rings. The lowest BCUT2D eigenvalue weighted by Gasteiger charge is -2.20. The molecule has 2 aliphatic heterocycles. The van der Waals surface area contributed by atoms with Gasteiger partial charge in [-0.15, -0.1) is 0 Å². The van der Waals surface area contributed by atoms with E-state index in [2.05, 4.69) is 47.8 Å². The molecule has 0 bridgehead atoms. The number of pyridine rings is 2. The standard InChI is InChI=1S/C20H23N3O4S.C20H23N3O3S.C9H12O2/c1-13-17(21-6-4-18(13)26-8-3-7-25-2)12-28(24)20-22-15-10-14-5-9-27-19(14)11-16(15)23-20;1-13-17(21-6-4-18(13)25-8-3-7-24-2)12-27-20-22-15-10-14-5-9-26-19(14)11-16(15)23-20;1-9(2,11-10)8-6-4-3-5-7-8/h4,6,10-11H,3,5,7-9,12H2,1-2H3,(H,22,23);4,6,10-11H,3,5,7-9,12H2,1-2H3,(H,22,23);3-7,10H,1-2H3/t28-;;/m0../s1. The molecule has 0 radical (unpaired) electrons. The maximum atomic E-state index is 12.9. The molecule has 7 aromatic rings. The lowest BCUT2D eigenvalue weighted by Crippen LogP contribution is -2.19. The summed E-state index contributed by atoms with van der Waals surface area (Å²) in [6, 6.07) is 21.4. The average molecular weight is 939 g/mol. The number of hydrogen-bond donors (Lipinski definition) is 3. The lowest BCUT2D eigenvalue weighted by atomic mass is 9.99.